The van der Waals surface area contributed by atoms with Gasteiger partial charge in [0.05, 0.1) is 11.6 Å². The average molecular weight is 423 g/mol. The Bertz CT molecular complexity index is 1130. The highest BCUT2D eigenvalue weighted by Gasteiger charge is 2.46. The van der Waals surface area contributed by atoms with Crippen LogP contribution in [0, 0.1) is 5.82 Å². The molecule has 1 aliphatic heterocycles. The van der Waals surface area contributed by atoms with E-state index < -0.39 is 23.5 Å². The third-order valence-corrected chi connectivity index (χ3v) is 5.17. The summed E-state index contributed by atoms with van der Waals surface area (Å²) < 4.78 is 13.5. The second kappa shape index (κ2) is 8.08. The number of pyridine rings is 1. The van der Waals surface area contributed by atoms with Crippen LogP contribution >= 0.6 is 11.6 Å². The Morgan fingerprint density at radius 2 is 1.77 bits per heavy atom. The van der Waals surface area contributed by atoms with Crippen molar-refractivity contribution in [3.63, 3.8) is 0 Å². The monoisotopic (exact) mass is 422 g/mol. The zero-order valence-corrected chi connectivity index (χ0v) is 16.4. The first-order chi connectivity index (χ1) is 14.5. The molecule has 0 spiro atoms. The molecule has 0 radical (unpaired) electrons. The quantitative estimate of drug-likeness (QED) is 0.382. The van der Waals surface area contributed by atoms with Crippen molar-refractivity contribution in [2.24, 2.45) is 0 Å². The number of aliphatic hydroxyl groups excluding tert-OH is 1. The van der Waals surface area contributed by atoms with Crippen LogP contribution < -0.4 is 0 Å². The van der Waals surface area contributed by atoms with E-state index in [1.807, 2.05) is 0 Å². The molecule has 2 heterocycles. The van der Waals surface area contributed by atoms with E-state index in [1.165, 1.54) is 29.2 Å². The highest BCUT2D eigenvalue weighted by Crippen LogP contribution is 2.40. The van der Waals surface area contributed by atoms with E-state index in [0.717, 1.165) is 5.56 Å². The number of carbonyl (C=O) groups is 2. The second-order valence-corrected chi connectivity index (χ2v) is 7.28. The summed E-state index contributed by atoms with van der Waals surface area (Å²) in [6.07, 6.45) is 3.20. The third kappa shape index (κ3) is 3.69. The van der Waals surface area contributed by atoms with Gasteiger partial charge in [-0.3, -0.25) is 14.6 Å². The number of rotatable bonds is 4. The van der Waals surface area contributed by atoms with E-state index in [0.29, 0.717) is 16.1 Å². The number of Topliss-reactive ketones (excluding diaryl/α,β-unsaturated/α-hetero) is 1. The molecule has 2 aromatic carbocycles. The predicted octanol–water partition coefficient (Wildman–Crippen LogP) is 4.50. The standard InChI is InChI=1S/C23H16ClFN2O3/c24-17-7-3-16(4-8-17)21(28)19-20(15-5-9-18(25)10-6-15)27(23(30)22(19)29)13-14-2-1-11-26-12-14/h1-12,20,28H,13H2/b21-19+/t20-/m1/s1. The lowest BCUT2D eigenvalue weighted by Crippen LogP contribution is -2.29. The topological polar surface area (TPSA) is 70.5 Å². The van der Waals surface area contributed by atoms with Crippen LogP contribution in [0.15, 0.2) is 78.6 Å². The second-order valence-electron chi connectivity index (χ2n) is 6.85. The maximum absolute atomic E-state index is 13.5. The number of benzene rings is 2. The summed E-state index contributed by atoms with van der Waals surface area (Å²) in [7, 11) is 0. The highest BCUT2D eigenvalue weighted by molar-refractivity contribution is 6.46. The molecule has 0 aliphatic carbocycles. The Balaban J connectivity index is 1.85. The van der Waals surface area contributed by atoms with Gasteiger partial charge in [-0.1, -0.05) is 29.8 Å². The Hall–Kier alpha value is -3.51. The van der Waals surface area contributed by atoms with Gasteiger partial charge in [0, 0.05) is 29.5 Å². The lowest BCUT2D eigenvalue weighted by Gasteiger charge is -2.25. The van der Waals surface area contributed by atoms with E-state index in [-0.39, 0.29) is 17.9 Å². The molecule has 150 valence electrons. The maximum Gasteiger partial charge on any atom is 0.295 e. The number of amides is 1. The fourth-order valence-corrected chi connectivity index (χ4v) is 3.61. The number of hydrogen-bond donors (Lipinski definition) is 1. The first-order valence-electron chi connectivity index (χ1n) is 9.14. The van der Waals surface area contributed by atoms with Gasteiger partial charge in [0.25, 0.3) is 11.7 Å². The van der Waals surface area contributed by atoms with E-state index in [1.54, 1.807) is 48.8 Å². The van der Waals surface area contributed by atoms with Crippen molar-refractivity contribution in [2.45, 2.75) is 12.6 Å². The number of aromatic nitrogens is 1. The van der Waals surface area contributed by atoms with Crippen molar-refractivity contribution in [1.82, 2.24) is 9.88 Å². The molecule has 0 saturated carbocycles. The van der Waals surface area contributed by atoms with Crippen molar-refractivity contribution in [3.8, 4) is 0 Å². The molecule has 1 amide bonds. The molecular weight excluding hydrogens is 407 g/mol. The summed E-state index contributed by atoms with van der Waals surface area (Å²) >= 11 is 5.91. The van der Waals surface area contributed by atoms with Crippen LogP contribution in [0.25, 0.3) is 5.76 Å². The molecule has 30 heavy (non-hydrogen) atoms. The molecule has 0 bridgehead atoms. The molecule has 7 heteroatoms. The van der Waals surface area contributed by atoms with Gasteiger partial charge in [0.2, 0.25) is 0 Å². The van der Waals surface area contributed by atoms with Gasteiger partial charge in [-0.25, -0.2) is 4.39 Å². The van der Waals surface area contributed by atoms with Crippen LogP contribution in [-0.2, 0) is 16.1 Å². The summed E-state index contributed by atoms with van der Waals surface area (Å²) in [4.78, 5) is 31.2. The number of halogens is 2. The fraction of sp³-hybridized carbons (Fsp3) is 0.0870. The highest BCUT2D eigenvalue weighted by atomic mass is 35.5. The zero-order chi connectivity index (χ0) is 21.3. The third-order valence-electron chi connectivity index (χ3n) is 4.92. The van der Waals surface area contributed by atoms with E-state index in [4.69, 9.17) is 11.6 Å². The molecular formula is C23H16ClFN2O3. The van der Waals surface area contributed by atoms with Gasteiger partial charge in [0.1, 0.15) is 11.6 Å². The van der Waals surface area contributed by atoms with Crippen LogP contribution in [0.5, 0.6) is 0 Å². The van der Waals surface area contributed by atoms with Gasteiger partial charge in [-0.05, 0) is 53.6 Å². The zero-order valence-electron chi connectivity index (χ0n) is 15.6. The Morgan fingerprint density at radius 1 is 1.07 bits per heavy atom. The van der Waals surface area contributed by atoms with Gasteiger partial charge in [0.15, 0.2) is 0 Å². The maximum atomic E-state index is 13.5. The Kier molecular flexibility index (Phi) is 5.33. The minimum atomic E-state index is -0.874. The van der Waals surface area contributed by atoms with Gasteiger partial charge in [-0.15, -0.1) is 0 Å². The first-order valence-corrected chi connectivity index (χ1v) is 9.52. The van der Waals surface area contributed by atoms with Crippen molar-refractivity contribution < 1.29 is 19.1 Å². The molecule has 5 nitrogen and oxygen atoms in total. The van der Waals surface area contributed by atoms with Crippen LogP contribution in [-0.4, -0.2) is 26.7 Å². The number of hydrogen-bond acceptors (Lipinski definition) is 4. The number of ketones is 1. The van der Waals surface area contributed by atoms with Crippen molar-refractivity contribution in [2.75, 3.05) is 0 Å². The smallest absolute Gasteiger partial charge is 0.295 e. The van der Waals surface area contributed by atoms with Gasteiger partial charge in [-0.2, -0.15) is 0 Å². The Morgan fingerprint density at radius 3 is 2.40 bits per heavy atom. The number of nitrogens with zero attached hydrogens (tertiary/aromatic N) is 2. The minimum absolute atomic E-state index is 0.0576. The van der Waals surface area contributed by atoms with Crippen molar-refractivity contribution in [1.29, 1.82) is 0 Å². The molecule has 1 aliphatic rings. The van der Waals surface area contributed by atoms with Crippen molar-refractivity contribution >= 4 is 29.1 Å². The lowest BCUT2D eigenvalue weighted by molar-refractivity contribution is -0.140. The summed E-state index contributed by atoms with van der Waals surface area (Å²) in [5.74, 6) is -2.31. The van der Waals surface area contributed by atoms with Crippen LogP contribution in [0.2, 0.25) is 5.02 Å². The number of aliphatic hydroxyl groups is 1. The van der Waals surface area contributed by atoms with Crippen molar-refractivity contribution in [3.05, 3.63) is 106 Å². The molecule has 1 N–H and O–H groups in total. The van der Waals surface area contributed by atoms with E-state index >= 15 is 0 Å². The normalized spacial score (nSPS) is 18.1. The minimum Gasteiger partial charge on any atom is -0.507 e. The van der Waals surface area contributed by atoms with Crippen LogP contribution in [0.3, 0.4) is 0 Å². The Labute approximate surface area is 177 Å². The first kappa shape index (κ1) is 19.8. The van der Waals surface area contributed by atoms with Gasteiger partial charge >= 0.3 is 0 Å². The summed E-state index contributed by atoms with van der Waals surface area (Å²) in [6, 6.07) is 14.4. The van der Waals surface area contributed by atoms with Gasteiger partial charge < -0.3 is 10.0 Å². The van der Waals surface area contributed by atoms with Crippen LogP contribution in [0.1, 0.15) is 22.7 Å². The molecule has 1 saturated heterocycles. The van der Waals surface area contributed by atoms with E-state index in [2.05, 4.69) is 4.98 Å². The molecule has 3 aromatic rings. The van der Waals surface area contributed by atoms with Crippen LogP contribution in [0.4, 0.5) is 4.39 Å². The lowest BCUT2D eigenvalue weighted by atomic mass is 9.95. The number of likely N-dealkylation sites (tertiary alicyclic amines) is 1. The largest absolute Gasteiger partial charge is 0.507 e. The molecule has 0 unspecified atom stereocenters. The summed E-state index contributed by atoms with van der Waals surface area (Å²) in [6.45, 7) is 0.109. The number of carbonyl (C=O) groups excluding carboxylic acids is 2. The molecule has 1 aromatic heterocycles. The molecule has 1 atom stereocenters. The average Bonchev–Trinajstić information content (AvgIpc) is 3.00. The fourth-order valence-electron chi connectivity index (χ4n) is 3.49. The summed E-state index contributed by atoms with van der Waals surface area (Å²) in [5, 5.41) is 11.4. The molecule has 1 fully saturated rings. The predicted molar refractivity (Wildman–Crippen MR) is 110 cm³/mol. The SMILES string of the molecule is O=C1C(=O)N(Cc2cccnc2)[C@H](c2ccc(F)cc2)/C1=C(\O)c1ccc(Cl)cc1. The summed E-state index contributed by atoms with van der Waals surface area (Å²) in [5.41, 5.74) is 1.52. The molecule has 4 rings (SSSR count). The van der Waals surface area contributed by atoms with E-state index in [9.17, 15) is 19.1 Å².